The monoisotopic (exact) mass is 406 g/mol. The van der Waals surface area contributed by atoms with Crippen molar-refractivity contribution in [3.05, 3.63) is 27.4 Å². The molecule has 0 saturated heterocycles. The lowest BCUT2D eigenvalue weighted by atomic mass is 10.2. The number of nitrogens with one attached hydrogen (secondary N) is 1. The maximum atomic E-state index is 13.8. The molecule has 0 radical (unpaired) electrons. The van der Waals surface area contributed by atoms with Crippen molar-refractivity contribution in [1.82, 2.24) is 4.72 Å². The molecule has 2 rings (SSSR count). The molecule has 0 spiro atoms. The van der Waals surface area contributed by atoms with E-state index in [1.165, 1.54) is 0 Å². The third-order valence-corrected chi connectivity index (χ3v) is 5.72. The highest BCUT2D eigenvalue weighted by Crippen LogP contribution is 2.33. The van der Waals surface area contributed by atoms with Crippen LogP contribution in [0, 0.1) is 11.7 Å². The first-order valence-electron chi connectivity index (χ1n) is 5.72. The minimum atomic E-state index is -3.96. The van der Waals surface area contributed by atoms with Gasteiger partial charge in [-0.05, 0) is 46.8 Å². The fourth-order valence-corrected chi connectivity index (χ4v) is 3.76. The predicted molar refractivity (Wildman–Crippen MR) is 82.2 cm³/mol. The Morgan fingerprint density at radius 1 is 1.50 bits per heavy atom. The number of nitrogens with two attached hydrogens (primary N) is 1. The standard InChI is InChI=1S/C11H13BrClFN2O2S.ClH/c12-7-3-9(14)11(4-8(7)13)19(17,18)16-10(5-15)6-1-2-6;/h3-4,6,10,16H,1-2,5,15H2;1H. The van der Waals surface area contributed by atoms with Crippen LogP contribution in [-0.2, 0) is 10.0 Å². The highest BCUT2D eigenvalue weighted by molar-refractivity contribution is 9.10. The third kappa shape index (κ3) is 4.05. The van der Waals surface area contributed by atoms with Gasteiger partial charge >= 0.3 is 0 Å². The average Bonchev–Trinajstić information content (AvgIpc) is 3.14. The quantitative estimate of drug-likeness (QED) is 0.737. The summed E-state index contributed by atoms with van der Waals surface area (Å²) in [5.41, 5.74) is 5.54. The summed E-state index contributed by atoms with van der Waals surface area (Å²) in [6.07, 6.45) is 1.88. The predicted octanol–water partition coefficient (Wildman–Crippen LogP) is 2.68. The molecule has 1 saturated carbocycles. The summed E-state index contributed by atoms with van der Waals surface area (Å²) in [6.45, 7) is 0.190. The van der Waals surface area contributed by atoms with Crippen LogP contribution in [0.3, 0.4) is 0 Å². The molecule has 1 aliphatic rings. The van der Waals surface area contributed by atoms with Crippen molar-refractivity contribution in [2.45, 2.75) is 23.8 Å². The summed E-state index contributed by atoms with van der Waals surface area (Å²) in [6, 6.07) is 1.77. The zero-order valence-corrected chi connectivity index (χ0v) is 14.2. The fourth-order valence-electron chi connectivity index (χ4n) is 1.81. The van der Waals surface area contributed by atoms with Gasteiger partial charge < -0.3 is 5.73 Å². The van der Waals surface area contributed by atoms with Crippen molar-refractivity contribution in [1.29, 1.82) is 0 Å². The second-order valence-electron chi connectivity index (χ2n) is 4.50. The summed E-state index contributed by atoms with van der Waals surface area (Å²) in [4.78, 5) is -0.459. The Kier molecular flexibility index (Phi) is 6.25. The van der Waals surface area contributed by atoms with Gasteiger partial charge in [-0.2, -0.15) is 0 Å². The molecule has 1 fully saturated rings. The van der Waals surface area contributed by atoms with Gasteiger partial charge in [0.2, 0.25) is 10.0 Å². The largest absolute Gasteiger partial charge is 0.329 e. The summed E-state index contributed by atoms with van der Waals surface area (Å²) >= 11 is 8.84. The van der Waals surface area contributed by atoms with Crippen LogP contribution >= 0.6 is 39.9 Å². The molecule has 0 aliphatic heterocycles. The molecule has 0 heterocycles. The molecule has 0 aromatic heterocycles. The average molecular weight is 408 g/mol. The molecule has 0 bridgehead atoms. The number of hydrogen-bond acceptors (Lipinski definition) is 3. The van der Waals surface area contributed by atoms with E-state index in [4.69, 9.17) is 17.3 Å². The zero-order chi connectivity index (χ0) is 14.2. The van der Waals surface area contributed by atoms with Crippen molar-refractivity contribution < 1.29 is 12.8 Å². The van der Waals surface area contributed by atoms with Gasteiger partial charge in [0, 0.05) is 17.1 Å². The highest BCUT2D eigenvalue weighted by atomic mass is 79.9. The lowest BCUT2D eigenvalue weighted by Gasteiger charge is -2.16. The Hall–Kier alpha value is 0.0800. The zero-order valence-electron chi connectivity index (χ0n) is 10.3. The van der Waals surface area contributed by atoms with Crippen LogP contribution < -0.4 is 10.5 Å². The molecule has 1 unspecified atom stereocenters. The number of benzene rings is 1. The smallest absolute Gasteiger partial charge is 0.243 e. The molecule has 1 atom stereocenters. The van der Waals surface area contributed by atoms with Crippen molar-refractivity contribution in [3.8, 4) is 0 Å². The molecule has 4 nitrogen and oxygen atoms in total. The Bertz CT molecular complexity index is 596. The summed E-state index contributed by atoms with van der Waals surface area (Å²) < 4.78 is 40.8. The van der Waals surface area contributed by atoms with Crippen LogP contribution in [0.1, 0.15) is 12.8 Å². The van der Waals surface area contributed by atoms with Crippen molar-refractivity contribution >= 4 is 50.0 Å². The van der Waals surface area contributed by atoms with Crippen LogP contribution in [-0.4, -0.2) is 21.0 Å². The van der Waals surface area contributed by atoms with E-state index in [1.807, 2.05) is 0 Å². The van der Waals surface area contributed by atoms with Crippen LogP contribution in [0.5, 0.6) is 0 Å². The third-order valence-electron chi connectivity index (χ3n) is 3.02. The lowest BCUT2D eigenvalue weighted by Crippen LogP contribution is -2.41. The van der Waals surface area contributed by atoms with E-state index >= 15 is 0 Å². The maximum absolute atomic E-state index is 13.8. The SMILES string of the molecule is Cl.NCC(NS(=O)(=O)c1cc(Cl)c(Br)cc1F)C1CC1. The van der Waals surface area contributed by atoms with E-state index in [2.05, 4.69) is 20.7 Å². The normalized spacial score (nSPS) is 16.6. The Morgan fingerprint density at radius 3 is 2.60 bits per heavy atom. The molecule has 1 aliphatic carbocycles. The Labute approximate surface area is 136 Å². The Balaban J connectivity index is 0.00000200. The van der Waals surface area contributed by atoms with Gasteiger partial charge in [0.25, 0.3) is 0 Å². The molecular formula is C11H14BrCl2FN2O2S. The molecular weight excluding hydrogens is 394 g/mol. The van der Waals surface area contributed by atoms with Crippen molar-refractivity contribution in [3.63, 3.8) is 0 Å². The molecule has 1 aromatic rings. The topological polar surface area (TPSA) is 72.2 Å². The van der Waals surface area contributed by atoms with E-state index in [0.717, 1.165) is 25.0 Å². The molecule has 114 valence electrons. The highest BCUT2D eigenvalue weighted by Gasteiger charge is 2.34. The van der Waals surface area contributed by atoms with Gasteiger partial charge in [0.1, 0.15) is 10.7 Å². The molecule has 0 amide bonds. The van der Waals surface area contributed by atoms with E-state index in [-0.39, 0.29) is 35.9 Å². The van der Waals surface area contributed by atoms with Crippen LogP contribution in [0.15, 0.2) is 21.5 Å². The molecule has 20 heavy (non-hydrogen) atoms. The van der Waals surface area contributed by atoms with E-state index in [1.54, 1.807) is 0 Å². The van der Waals surface area contributed by atoms with E-state index < -0.39 is 20.7 Å². The number of sulfonamides is 1. The first kappa shape index (κ1) is 18.1. The van der Waals surface area contributed by atoms with E-state index in [0.29, 0.717) is 4.47 Å². The fraction of sp³-hybridized carbons (Fsp3) is 0.455. The minimum absolute atomic E-state index is 0. The first-order valence-corrected chi connectivity index (χ1v) is 8.37. The second kappa shape index (κ2) is 6.89. The Morgan fingerprint density at radius 2 is 2.10 bits per heavy atom. The van der Waals surface area contributed by atoms with Gasteiger partial charge in [0.05, 0.1) is 5.02 Å². The van der Waals surface area contributed by atoms with E-state index in [9.17, 15) is 12.8 Å². The second-order valence-corrected chi connectivity index (χ2v) is 7.44. The number of halogens is 4. The summed E-state index contributed by atoms with van der Waals surface area (Å²) in [5, 5.41) is 0.137. The number of rotatable bonds is 5. The molecule has 3 N–H and O–H groups in total. The van der Waals surface area contributed by atoms with Gasteiger partial charge in [0.15, 0.2) is 0 Å². The van der Waals surface area contributed by atoms with Gasteiger partial charge in [-0.3, -0.25) is 0 Å². The molecule has 1 aromatic carbocycles. The van der Waals surface area contributed by atoms with Crippen LogP contribution in [0.25, 0.3) is 0 Å². The van der Waals surface area contributed by atoms with Crippen molar-refractivity contribution in [2.24, 2.45) is 11.7 Å². The van der Waals surface area contributed by atoms with Crippen LogP contribution in [0.4, 0.5) is 4.39 Å². The van der Waals surface area contributed by atoms with Crippen LogP contribution in [0.2, 0.25) is 5.02 Å². The number of hydrogen-bond donors (Lipinski definition) is 2. The maximum Gasteiger partial charge on any atom is 0.243 e. The lowest BCUT2D eigenvalue weighted by molar-refractivity contribution is 0.511. The first-order chi connectivity index (χ1) is 8.85. The van der Waals surface area contributed by atoms with Gasteiger partial charge in [-0.15, -0.1) is 12.4 Å². The molecule has 9 heteroatoms. The van der Waals surface area contributed by atoms with Gasteiger partial charge in [-0.1, -0.05) is 11.6 Å². The minimum Gasteiger partial charge on any atom is -0.329 e. The van der Waals surface area contributed by atoms with Crippen molar-refractivity contribution in [2.75, 3.05) is 6.54 Å². The summed E-state index contributed by atoms with van der Waals surface area (Å²) in [5.74, 6) is -0.607. The summed E-state index contributed by atoms with van der Waals surface area (Å²) in [7, 11) is -3.96. The van der Waals surface area contributed by atoms with Gasteiger partial charge in [-0.25, -0.2) is 17.5 Å².